The first kappa shape index (κ1) is 12.2. The van der Waals surface area contributed by atoms with Crippen molar-refractivity contribution in [3.8, 4) is 0 Å². The van der Waals surface area contributed by atoms with Gasteiger partial charge < -0.3 is 15.3 Å². The number of carboxylic acid groups (broad SMARTS) is 1. The molecule has 2 aliphatic heterocycles. The second-order valence-electron chi connectivity index (χ2n) is 4.73. The molecule has 17 heavy (non-hydrogen) atoms. The average molecular weight is 258 g/mol. The van der Waals surface area contributed by atoms with E-state index in [4.69, 9.17) is 0 Å². The molecule has 0 aromatic heterocycles. The van der Waals surface area contributed by atoms with Crippen molar-refractivity contribution in [3.05, 3.63) is 0 Å². The van der Waals surface area contributed by atoms with Crippen LogP contribution in [-0.2, 0) is 14.4 Å². The van der Waals surface area contributed by atoms with Crippen LogP contribution in [-0.4, -0.2) is 51.0 Å². The van der Waals surface area contributed by atoms with E-state index in [0.29, 0.717) is 6.41 Å². The largest absolute Gasteiger partial charge is 0.480 e. The quantitative estimate of drug-likeness (QED) is 0.524. The Balaban J connectivity index is 2.16. The summed E-state index contributed by atoms with van der Waals surface area (Å²) in [7, 11) is 0. The van der Waals surface area contributed by atoms with Gasteiger partial charge in [-0.1, -0.05) is 0 Å². The number of nitrogens with zero attached hydrogens (tertiary/aromatic N) is 1. The first-order chi connectivity index (χ1) is 7.90. The number of nitrogens with one attached hydrogen (secondary N) is 1. The van der Waals surface area contributed by atoms with Crippen molar-refractivity contribution in [3.63, 3.8) is 0 Å². The normalized spacial score (nSPS) is 33.9. The predicted molar refractivity (Wildman–Crippen MR) is 61.3 cm³/mol. The van der Waals surface area contributed by atoms with Crippen LogP contribution in [0.5, 0.6) is 0 Å². The summed E-state index contributed by atoms with van der Waals surface area (Å²) >= 11 is 1.48. The molecule has 2 saturated heterocycles. The second-order valence-corrected chi connectivity index (χ2v) is 6.50. The Morgan fingerprint density at radius 1 is 1.65 bits per heavy atom. The minimum absolute atomic E-state index is 0.133. The van der Waals surface area contributed by atoms with Crippen molar-refractivity contribution in [1.82, 2.24) is 10.2 Å². The Kier molecular flexibility index (Phi) is 2.81. The second kappa shape index (κ2) is 3.90. The number of rotatable bonds is 4. The molecule has 0 saturated carbocycles. The van der Waals surface area contributed by atoms with Crippen molar-refractivity contribution in [1.29, 1.82) is 0 Å². The summed E-state index contributed by atoms with van der Waals surface area (Å²) in [6, 6.07) is -0.780. The molecule has 2 heterocycles. The zero-order valence-electron chi connectivity index (χ0n) is 9.54. The molecule has 2 fully saturated rings. The van der Waals surface area contributed by atoms with Crippen molar-refractivity contribution >= 4 is 30.0 Å². The minimum atomic E-state index is -0.972. The summed E-state index contributed by atoms with van der Waals surface area (Å²) in [6.07, 6.45) is 0.551. The van der Waals surface area contributed by atoms with E-state index in [1.165, 1.54) is 16.7 Å². The smallest absolute Gasteiger partial charge is 0.327 e. The number of β-lactam (4-membered cyclic amide) rings is 1. The van der Waals surface area contributed by atoms with Crippen LogP contribution in [0.2, 0.25) is 0 Å². The Morgan fingerprint density at radius 3 is 2.82 bits per heavy atom. The van der Waals surface area contributed by atoms with Gasteiger partial charge in [0, 0.05) is 11.3 Å². The Hall–Kier alpha value is -1.24. The lowest BCUT2D eigenvalue weighted by molar-refractivity contribution is -0.163. The summed E-state index contributed by atoms with van der Waals surface area (Å²) in [5.74, 6) is -1.45. The van der Waals surface area contributed by atoms with Gasteiger partial charge in [-0.25, -0.2) is 4.79 Å². The van der Waals surface area contributed by atoms with Gasteiger partial charge >= 0.3 is 5.97 Å². The maximum atomic E-state index is 11.8. The van der Waals surface area contributed by atoms with E-state index in [0.717, 1.165) is 0 Å². The highest BCUT2D eigenvalue weighted by molar-refractivity contribution is 8.01. The van der Waals surface area contributed by atoms with Gasteiger partial charge in [0.2, 0.25) is 12.3 Å². The van der Waals surface area contributed by atoms with E-state index in [2.05, 4.69) is 5.32 Å². The lowest BCUT2D eigenvalue weighted by Gasteiger charge is -2.43. The maximum absolute atomic E-state index is 11.8. The van der Waals surface area contributed by atoms with Gasteiger partial charge in [0.1, 0.15) is 6.04 Å². The van der Waals surface area contributed by atoms with E-state index in [-0.39, 0.29) is 23.7 Å². The first-order valence-corrected chi connectivity index (χ1v) is 6.18. The molecule has 0 radical (unpaired) electrons. The van der Waals surface area contributed by atoms with Gasteiger partial charge in [-0.2, -0.15) is 0 Å². The molecular weight excluding hydrogens is 244 g/mol. The van der Waals surface area contributed by atoms with Crippen molar-refractivity contribution in [2.24, 2.45) is 5.92 Å². The standard InChI is InChI=1S/C10H14N2O4S/c1-10(2)6(9(15)16)12-7(14)5(3-11-4-13)8(12)17-10/h4-6,8H,3H2,1-2H3,(H,11,13)(H,15,16)/t5-,6+,8-/m1/s1. The number of amides is 2. The Bertz CT molecular complexity index is 385. The Morgan fingerprint density at radius 2 is 2.29 bits per heavy atom. The summed E-state index contributed by atoms with van der Waals surface area (Å²) in [6.45, 7) is 3.93. The lowest BCUT2D eigenvalue weighted by Crippen LogP contribution is -2.64. The van der Waals surface area contributed by atoms with Crippen LogP contribution in [0.15, 0.2) is 0 Å². The SMILES string of the molecule is CC1(C)S[C@@H]2[C@H](CNC=O)C(=O)N2[C@H]1C(=O)O. The number of carbonyl (C=O) groups is 3. The molecule has 7 heteroatoms. The number of hydrogen-bond acceptors (Lipinski definition) is 4. The third-order valence-corrected chi connectivity index (χ3v) is 4.83. The number of carbonyl (C=O) groups excluding carboxylic acids is 2. The van der Waals surface area contributed by atoms with E-state index < -0.39 is 16.8 Å². The fourth-order valence-corrected chi connectivity index (χ4v) is 4.14. The molecule has 2 N–H and O–H groups in total. The molecule has 0 unspecified atom stereocenters. The molecule has 0 aromatic rings. The number of hydrogen-bond donors (Lipinski definition) is 2. The topological polar surface area (TPSA) is 86.7 Å². The molecule has 94 valence electrons. The molecule has 3 atom stereocenters. The molecule has 2 rings (SSSR count). The molecule has 0 aromatic carbocycles. The van der Waals surface area contributed by atoms with E-state index in [1.54, 1.807) is 0 Å². The van der Waals surface area contributed by atoms with Gasteiger partial charge in [0.25, 0.3) is 0 Å². The number of fused-ring (bicyclic) bond motifs is 1. The molecule has 2 aliphatic rings. The predicted octanol–water partition coefficient (Wildman–Crippen LogP) is -0.504. The van der Waals surface area contributed by atoms with Crippen LogP contribution >= 0.6 is 11.8 Å². The van der Waals surface area contributed by atoms with Crippen molar-refractivity contribution in [2.45, 2.75) is 30.0 Å². The summed E-state index contributed by atoms with van der Waals surface area (Å²) < 4.78 is -0.498. The summed E-state index contributed by atoms with van der Waals surface area (Å²) in [5.41, 5.74) is 0. The zero-order chi connectivity index (χ0) is 12.8. The fourth-order valence-electron chi connectivity index (χ4n) is 2.45. The highest BCUT2D eigenvalue weighted by Gasteiger charge is 2.63. The van der Waals surface area contributed by atoms with Crippen LogP contribution in [0.25, 0.3) is 0 Å². The molecule has 0 bridgehead atoms. The van der Waals surface area contributed by atoms with Gasteiger partial charge in [-0.05, 0) is 13.8 Å². The number of thioether (sulfide) groups is 1. The average Bonchev–Trinajstić information content (AvgIpc) is 2.48. The van der Waals surface area contributed by atoms with Gasteiger partial charge in [-0.15, -0.1) is 11.8 Å². The fraction of sp³-hybridized carbons (Fsp3) is 0.700. The number of aliphatic carboxylic acids is 1. The van der Waals surface area contributed by atoms with E-state index in [1.807, 2.05) is 13.8 Å². The van der Waals surface area contributed by atoms with Gasteiger partial charge in [0.15, 0.2) is 0 Å². The first-order valence-electron chi connectivity index (χ1n) is 5.30. The van der Waals surface area contributed by atoms with Gasteiger partial charge in [-0.3, -0.25) is 9.59 Å². The zero-order valence-corrected chi connectivity index (χ0v) is 10.4. The van der Waals surface area contributed by atoms with Crippen LogP contribution in [0.4, 0.5) is 0 Å². The molecule has 0 spiro atoms. The third-order valence-electron chi connectivity index (χ3n) is 3.21. The van der Waals surface area contributed by atoms with Crippen molar-refractivity contribution < 1.29 is 19.5 Å². The van der Waals surface area contributed by atoms with Crippen LogP contribution < -0.4 is 5.32 Å². The molecule has 2 amide bonds. The maximum Gasteiger partial charge on any atom is 0.327 e. The van der Waals surface area contributed by atoms with Gasteiger partial charge in [0.05, 0.1) is 11.3 Å². The summed E-state index contributed by atoms with van der Waals surface area (Å²) in [5, 5.41) is 11.5. The molecular formula is C10H14N2O4S. The lowest BCUT2D eigenvalue weighted by atomic mass is 9.92. The minimum Gasteiger partial charge on any atom is -0.480 e. The van der Waals surface area contributed by atoms with Crippen LogP contribution in [0.1, 0.15) is 13.8 Å². The Labute approximate surface area is 103 Å². The monoisotopic (exact) mass is 258 g/mol. The summed E-state index contributed by atoms with van der Waals surface area (Å²) in [4.78, 5) is 34.7. The van der Waals surface area contributed by atoms with E-state index >= 15 is 0 Å². The van der Waals surface area contributed by atoms with Crippen LogP contribution in [0, 0.1) is 5.92 Å². The highest BCUT2D eigenvalue weighted by atomic mass is 32.2. The number of carboxylic acids is 1. The van der Waals surface area contributed by atoms with E-state index in [9.17, 15) is 19.5 Å². The third kappa shape index (κ3) is 1.69. The van der Waals surface area contributed by atoms with Crippen LogP contribution in [0.3, 0.4) is 0 Å². The highest BCUT2D eigenvalue weighted by Crippen LogP contribution is 2.52. The molecule has 0 aliphatic carbocycles. The molecule has 6 nitrogen and oxygen atoms in total. The van der Waals surface area contributed by atoms with Crippen molar-refractivity contribution in [2.75, 3.05) is 6.54 Å².